The van der Waals surface area contributed by atoms with Crippen LogP contribution in [-0.2, 0) is 17.8 Å². The number of carbonyl (C=O) groups is 1. The van der Waals surface area contributed by atoms with Gasteiger partial charge in [-0.1, -0.05) is 0 Å². The summed E-state index contributed by atoms with van der Waals surface area (Å²) < 4.78 is 16.8. The first-order valence-corrected chi connectivity index (χ1v) is 11.3. The van der Waals surface area contributed by atoms with Crippen molar-refractivity contribution in [1.82, 2.24) is 0 Å². The minimum Gasteiger partial charge on any atom is -0.493 e. The summed E-state index contributed by atoms with van der Waals surface area (Å²) in [5, 5.41) is 3.05. The number of hydrogen-bond acceptors (Lipinski definition) is 4. The number of ether oxygens (including phenoxy) is 3. The van der Waals surface area contributed by atoms with Crippen molar-refractivity contribution in [2.24, 2.45) is 0 Å². The summed E-state index contributed by atoms with van der Waals surface area (Å²) in [6.45, 7) is 9.12. The van der Waals surface area contributed by atoms with Gasteiger partial charge >= 0.3 is 0 Å². The minimum absolute atomic E-state index is 0.0498. The fourth-order valence-corrected chi connectivity index (χ4v) is 4.73. The van der Waals surface area contributed by atoms with Gasteiger partial charge in [0.2, 0.25) is 0 Å². The SMILES string of the molecule is C[C@H](C(=O)Nc1ccc2c(c1)OCCO2)[NH+]1CC[NH+](Cc2ccc3c(c2)CCO3)CC1. The Morgan fingerprint density at radius 3 is 2.52 bits per heavy atom. The van der Waals surface area contributed by atoms with E-state index < -0.39 is 0 Å². The number of fused-ring (bicyclic) bond motifs is 2. The van der Waals surface area contributed by atoms with Crippen LogP contribution in [0.1, 0.15) is 18.1 Å². The third-order valence-electron chi connectivity index (χ3n) is 6.62. The van der Waals surface area contributed by atoms with Crippen LogP contribution in [0.25, 0.3) is 0 Å². The number of quaternary nitrogens is 2. The number of piperazine rings is 1. The van der Waals surface area contributed by atoms with Gasteiger partial charge in [0.15, 0.2) is 17.5 Å². The summed E-state index contributed by atoms with van der Waals surface area (Å²) in [4.78, 5) is 15.8. The van der Waals surface area contributed by atoms with Crippen molar-refractivity contribution in [3.8, 4) is 17.2 Å². The lowest BCUT2D eigenvalue weighted by Crippen LogP contribution is -3.29. The number of rotatable bonds is 5. The van der Waals surface area contributed by atoms with Crippen LogP contribution in [-0.4, -0.2) is 57.9 Å². The molecule has 1 saturated heterocycles. The Bertz CT molecular complexity index is 956. The average Bonchev–Trinajstić information content (AvgIpc) is 3.27. The third kappa shape index (κ3) is 4.48. The first-order valence-electron chi connectivity index (χ1n) is 11.3. The van der Waals surface area contributed by atoms with E-state index in [1.807, 2.05) is 25.1 Å². The molecule has 0 saturated carbocycles. The summed E-state index contributed by atoms with van der Waals surface area (Å²) in [5.74, 6) is 2.52. The van der Waals surface area contributed by atoms with Crippen LogP contribution >= 0.6 is 0 Å². The van der Waals surface area contributed by atoms with Crippen LogP contribution < -0.4 is 29.3 Å². The van der Waals surface area contributed by atoms with Crippen LogP contribution in [0.2, 0.25) is 0 Å². The molecule has 0 radical (unpaired) electrons. The van der Waals surface area contributed by atoms with Crippen molar-refractivity contribution in [3.05, 3.63) is 47.5 Å². The quantitative estimate of drug-likeness (QED) is 0.616. The van der Waals surface area contributed by atoms with Gasteiger partial charge < -0.3 is 29.3 Å². The van der Waals surface area contributed by atoms with Gasteiger partial charge in [-0.3, -0.25) is 4.79 Å². The van der Waals surface area contributed by atoms with Crippen LogP contribution in [0.5, 0.6) is 17.2 Å². The Balaban J connectivity index is 1.13. The van der Waals surface area contributed by atoms with Crippen molar-refractivity contribution in [2.45, 2.75) is 25.9 Å². The van der Waals surface area contributed by atoms with E-state index in [2.05, 4.69) is 23.5 Å². The number of amides is 1. The van der Waals surface area contributed by atoms with Gasteiger partial charge in [-0.2, -0.15) is 0 Å². The highest BCUT2D eigenvalue weighted by molar-refractivity contribution is 5.93. The van der Waals surface area contributed by atoms with Crippen molar-refractivity contribution in [1.29, 1.82) is 0 Å². The Labute approximate surface area is 182 Å². The molecule has 0 aliphatic carbocycles. The molecule has 1 amide bonds. The lowest BCUT2D eigenvalue weighted by molar-refractivity contribution is -1.02. The molecule has 31 heavy (non-hydrogen) atoms. The fourth-order valence-electron chi connectivity index (χ4n) is 4.73. The molecular weight excluding hydrogens is 394 g/mol. The summed E-state index contributed by atoms with van der Waals surface area (Å²) in [6, 6.07) is 12.1. The van der Waals surface area contributed by atoms with Crippen molar-refractivity contribution in [3.63, 3.8) is 0 Å². The van der Waals surface area contributed by atoms with Gasteiger partial charge in [0.05, 0.1) is 6.61 Å². The van der Waals surface area contributed by atoms with E-state index in [1.165, 1.54) is 16.0 Å². The second-order valence-electron chi connectivity index (χ2n) is 8.69. The molecule has 3 aliphatic rings. The van der Waals surface area contributed by atoms with E-state index in [1.54, 1.807) is 4.90 Å². The molecular formula is C24H31N3O4+2. The molecule has 7 heteroatoms. The first-order chi connectivity index (χ1) is 15.2. The van der Waals surface area contributed by atoms with Crippen LogP contribution in [0, 0.1) is 0 Å². The van der Waals surface area contributed by atoms with Gasteiger partial charge in [-0.05, 0) is 42.8 Å². The highest BCUT2D eigenvalue weighted by Gasteiger charge is 2.31. The highest BCUT2D eigenvalue weighted by atomic mass is 16.6. The molecule has 2 aromatic rings. The zero-order chi connectivity index (χ0) is 21.2. The van der Waals surface area contributed by atoms with E-state index in [0.717, 1.165) is 62.9 Å². The molecule has 1 atom stereocenters. The number of anilines is 1. The van der Waals surface area contributed by atoms with Crippen LogP contribution in [0.15, 0.2) is 36.4 Å². The second kappa shape index (κ2) is 8.77. The van der Waals surface area contributed by atoms with Crippen molar-refractivity contribution in [2.75, 3.05) is 51.3 Å². The molecule has 2 aromatic carbocycles. The molecule has 0 unspecified atom stereocenters. The lowest BCUT2D eigenvalue weighted by Gasteiger charge is -2.32. The number of hydrogen-bond donors (Lipinski definition) is 3. The smallest absolute Gasteiger partial charge is 0.282 e. The molecule has 5 rings (SSSR count). The molecule has 164 valence electrons. The monoisotopic (exact) mass is 425 g/mol. The van der Waals surface area contributed by atoms with Gasteiger partial charge in [0.25, 0.3) is 5.91 Å². The molecule has 0 aromatic heterocycles. The Hall–Kier alpha value is -2.77. The lowest BCUT2D eigenvalue weighted by atomic mass is 10.1. The standard InChI is InChI=1S/C24H29N3O4/c1-17(24(28)25-20-3-5-22-23(15-20)31-13-12-30-22)27-9-7-26(8-10-27)16-18-2-4-21-19(14-18)6-11-29-21/h2-5,14-15,17H,6-13,16H2,1H3,(H,25,28)/p+2/t17-/m1/s1. The number of benzene rings is 2. The highest BCUT2D eigenvalue weighted by Crippen LogP contribution is 2.32. The predicted molar refractivity (Wildman–Crippen MR) is 116 cm³/mol. The molecule has 7 nitrogen and oxygen atoms in total. The van der Waals surface area contributed by atoms with Gasteiger partial charge in [-0.25, -0.2) is 0 Å². The molecule has 3 heterocycles. The fraction of sp³-hybridized carbons (Fsp3) is 0.458. The number of nitrogens with one attached hydrogen (secondary N) is 3. The molecule has 1 fully saturated rings. The Morgan fingerprint density at radius 1 is 0.935 bits per heavy atom. The van der Waals surface area contributed by atoms with Gasteiger partial charge in [0, 0.05) is 23.7 Å². The molecule has 0 spiro atoms. The van der Waals surface area contributed by atoms with E-state index in [4.69, 9.17) is 14.2 Å². The Kier molecular flexibility index (Phi) is 5.70. The maximum Gasteiger partial charge on any atom is 0.282 e. The van der Waals surface area contributed by atoms with Gasteiger partial charge in [0.1, 0.15) is 51.7 Å². The zero-order valence-electron chi connectivity index (χ0n) is 18.0. The molecule has 3 aliphatic heterocycles. The van der Waals surface area contributed by atoms with E-state index in [0.29, 0.717) is 19.0 Å². The predicted octanol–water partition coefficient (Wildman–Crippen LogP) is -0.297. The minimum atomic E-state index is -0.0908. The summed E-state index contributed by atoms with van der Waals surface area (Å²) >= 11 is 0. The van der Waals surface area contributed by atoms with E-state index >= 15 is 0 Å². The van der Waals surface area contributed by atoms with Crippen molar-refractivity contribution >= 4 is 11.6 Å². The number of carbonyl (C=O) groups excluding carboxylic acids is 1. The van der Waals surface area contributed by atoms with E-state index in [9.17, 15) is 4.79 Å². The van der Waals surface area contributed by atoms with Gasteiger partial charge in [-0.15, -0.1) is 0 Å². The van der Waals surface area contributed by atoms with Crippen molar-refractivity contribution < 1.29 is 28.8 Å². The summed E-state index contributed by atoms with van der Waals surface area (Å²) in [5.41, 5.74) is 3.48. The summed E-state index contributed by atoms with van der Waals surface area (Å²) in [7, 11) is 0. The van der Waals surface area contributed by atoms with Crippen LogP contribution in [0.4, 0.5) is 5.69 Å². The molecule has 0 bridgehead atoms. The molecule has 3 N–H and O–H groups in total. The van der Waals surface area contributed by atoms with E-state index in [-0.39, 0.29) is 11.9 Å². The second-order valence-corrected chi connectivity index (χ2v) is 8.69. The van der Waals surface area contributed by atoms with Crippen LogP contribution in [0.3, 0.4) is 0 Å². The Morgan fingerprint density at radius 2 is 1.68 bits per heavy atom. The normalized spacial score (nSPS) is 22.9. The first kappa shape index (κ1) is 20.2. The largest absolute Gasteiger partial charge is 0.493 e. The topological polar surface area (TPSA) is 65.7 Å². The zero-order valence-corrected chi connectivity index (χ0v) is 18.0. The maximum atomic E-state index is 12.8. The third-order valence-corrected chi connectivity index (χ3v) is 6.62. The average molecular weight is 426 g/mol. The maximum absolute atomic E-state index is 12.8. The summed E-state index contributed by atoms with van der Waals surface area (Å²) in [6.07, 6.45) is 1.02.